The molecule has 2 aromatic carbocycles. The zero-order valence-electron chi connectivity index (χ0n) is 11.7. The molecule has 4 rings (SSSR count). The molecule has 106 valence electrons. The molecular formula is C18H13N3O. The molecule has 0 fully saturated rings. The molecule has 0 radical (unpaired) electrons. The Labute approximate surface area is 126 Å². The summed E-state index contributed by atoms with van der Waals surface area (Å²) in [4.78, 5) is 19.5. The summed E-state index contributed by atoms with van der Waals surface area (Å²) in [6.45, 7) is 0. The average molecular weight is 287 g/mol. The standard InChI is InChI=1S/C18H13N3O/c19-18(22)15-10-13-12-8-4-5-9-14(12)20-17(13)16(21-15)11-6-2-1-3-7-11/h1-10,20H,(H2,19,22). The second kappa shape index (κ2) is 4.70. The lowest BCUT2D eigenvalue weighted by Crippen LogP contribution is -2.13. The van der Waals surface area contributed by atoms with Gasteiger partial charge in [0.2, 0.25) is 0 Å². The van der Waals surface area contributed by atoms with Crippen LogP contribution in [0.1, 0.15) is 10.5 Å². The molecule has 3 N–H and O–H groups in total. The van der Waals surface area contributed by atoms with Gasteiger partial charge in [-0.1, -0.05) is 48.5 Å². The fourth-order valence-electron chi connectivity index (χ4n) is 2.78. The lowest BCUT2D eigenvalue weighted by atomic mass is 10.1. The molecule has 0 aliphatic carbocycles. The first-order valence-electron chi connectivity index (χ1n) is 7.01. The summed E-state index contributed by atoms with van der Waals surface area (Å²) in [7, 11) is 0. The number of carbonyl (C=O) groups excluding carboxylic acids is 1. The third-order valence-electron chi connectivity index (χ3n) is 3.80. The summed E-state index contributed by atoms with van der Waals surface area (Å²) < 4.78 is 0. The van der Waals surface area contributed by atoms with Crippen LogP contribution < -0.4 is 5.73 Å². The number of pyridine rings is 1. The van der Waals surface area contributed by atoms with Crippen molar-refractivity contribution in [2.45, 2.75) is 0 Å². The van der Waals surface area contributed by atoms with Gasteiger partial charge in [-0.3, -0.25) is 4.79 Å². The van der Waals surface area contributed by atoms with Gasteiger partial charge in [0.1, 0.15) is 5.69 Å². The number of nitrogens with zero attached hydrogens (tertiary/aromatic N) is 1. The van der Waals surface area contributed by atoms with E-state index < -0.39 is 5.91 Å². The molecule has 0 saturated carbocycles. The molecule has 22 heavy (non-hydrogen) atoms. The van der Waals surface area contributed by atoms with Gasteiger partial charge in [-0.2, -0.15) is 0 Å². The number of aromatic amines is 1. The summed E-state index contributed by atoms with van der Waals surface area (Å²) in [5.74, 6) is -0.524. The third kappa shape index (κ3) is 1.85. The van der Waals surface area contributed by atoms with Crippen LogP contribution in [0.25, 0.3) is 33.1 Å². The largest absolute Gasteiger partial charge is 0.364 e. The van der Waals surface area contributed by atoms with Crippen LogP contribution in [0.3, 0.4) is 0 Å². The number of para-hydroxylation sites is 1. The van der Waals surface area contributed by atoms with E-state index in [2.05, 4.69) is 9.97 Å². The Morgan fingerprint density at radius 3 is 2.45 bits per heavy atom. The van der Waals surface area contributed by atoms with E-state index >= 15 is 0 Å². The van der Waals surface area contributed by atoms with E-state index in [4.69, 9.17) is 5.73 Å². The highest BCUT2D eigenvalue weighted by molar-refractivity contribution is 6.13. The van der Waals surface area contributed by atoms with Gasteiger partial charge in [0.05, 0.1) is 11.2 Å². The zero-order valence-corrected chi connectivity index (χ0v) is 11.7. The quantitative estimate of drug-likeness (QED) is 0.592. The number of nitrogens with two attached hydrogens (primary N) is 1. The van der Waals surface area contributed by atoms with Gasteiger partial charge >= 0.3 is 0 Å². The lowest BCUT2D eigenvalue weighted by Gasteiger charge is -2.05. The molecule has 4 nitrogen and oxygen atoms in total. The number of carbonyl (C=O) groups is 1. The molecule has 0 spiro atoms. The minimum Gasteiger partial charge on any atom is -0.364 e. The van der Waals surface area contributed by atoms with E-state index in [1.165, 1.54) is 0 Å². The number of nitrogens with one attached hydrogen (secondary N) is 1. The van der Waals surface area contributed by atoms with Crippen molar-refractivity contribution < 1.29 is 4.79 Å². The number of rotatable bonds is 2. The maximum atomic E-state index is 11.6. The van der Waals surface area contributed by atoms with Crippen LogP contribution in [0.2, 0.25) is 0 Å². The second-order valence-corrected chi connectivity index (χ2v) is 5.18. The van der Waals surface area contributed by atoms with Gasteiger partial charge in [-0.25, -0.2) is 4.98 Å². The maximum Gasteiger partial charge on any atom is 0.267 e. The monoisotopic (exact) mass is 287 g/mol. The number of H-pyrrole nitrogens is 1. The van der Waals surface area contributed by atoms with E-state index in [0.29, 0.717) is 0 Å². The number of hydrogen-bond acceptors (Lipinski definition) is 2. The van der Waals surface area contributed by atoms with Crippen molar-refractivity contribution in [2.75, 3.05) is 0 Å². The first-order valence-corrected chi connectivity index (χ1v) is 7.01. The Balaban J connectivity index is 2.16. The van der Waals surface area contributed by atoms with E-state index in [1.807, 2.05) is 54.6 Å². The molecule has 4 heteroatoms. The number of fused-ring (bicyclic) bond motifs is 3. The van der Waals surface area contributed by atoms with Crippen LogP contribution in [-0.2, 0) is 0 Å². The average Bonchev–Trinajstić information content (AvgIpc) is 2.93. The fourth-order valence-corrected chi connectivity index (χ4v) is 2.78. The molecular weight excluding hydrogens is 274 g/mol. The molecule has 2 aromatic heterocycles. The Kier molecular flexibility index (Phi) is 2.69. The normalized spacial score (nSPS) is 11.1. The number of hydrogen-bond donors (Lipinski definition) is 2. The molecule has 2 heterocycles. The van der Waals surface area contributed by atoms with Gasteiger partial charge in [0, 0.05) is 21.9 Å². The van der Waals surface area contributed by atoms with Gasteiger partial charge in [0.15, 0.2) is 0 Å². The van der Waals surface area contributed by atoms with E-state index in [9.17, 15) is 4.79 Å². The van der Waals surface area contributed by atoms with Crippen molar-refractivity contribution in [3.63, 3.8) is 0 Å². The van der Waals surface area contributed by atoms with Crippen LogP contribution in [-0.4, -0.2) is 15.9 Å². The highest BCUT2D eigenvalue weighted by atomic mass is 16.1. The Morgan fingerprint density at radius 2 is 1.68 bits per heavy atom. The van der Waals surface area contributed by atoms with Crippen molar-refractivity contribution in [1.82, 2.24) is 9.97 Å². The van der Waals surface area contributed by atoms with Crippen LogP contribution in [0.4, 0.5) is 0 Å². The summed E-state index contributed by atoms with van der Waals surface area (Å²) in [6, 6.07) is 19.5. The smallest absolute Gasteiger partial charge is 0.267 e. The molecule has 0 saturated heterocycles. The Bertz CT molecular complexity index is 1000. The fraction of sp³-hybridized carbons (Fsp3) is 0. The second-order valence-electron chi connectivity index (χ2n) is 5.18. The van der Waals surface area contributed by atoms with Gasteiger partial charge < -0.3 is 10.7 Å². The molecule has 0 aliphatic heterocycles. The summed E-state index contributed by atoms with van der Waals surface area (Å²) >= 11 is 0. The topological polar surface area (TPSA) is 71.8 Å². The van der Waals surface area contributed by atoms with Crippen molar-refractivity contribution >= 4 is 27.7 Å². The first kappa shape index (κ1) is 12.6. The summed E-state index contributed by atoms with van der Waals surface area (Å²) in [5, 5.41) is 2.01. The maximum absolute atomic E-state index is 11.6. The molecule has 4 aromatic rings. The van der Waals surface area contributed by atoms with E-state index in [0.717, 1.165) is 33.1 Å². The minimum absolute atomic E-state index is 0.274. The van der Waals surface area contributed by atoms with Crippen LogP contribution in [0.5, 0.6) is 0 Å². The summed E-state index contributed by atoms with van der Waals surface area (Å²) in [6.07, 6.45) is 0. The molecule has 0 aliphatic rings. The Hall–Kier alpha value is -3.14. The van der Waals surface area contributed by atoms with Crippen LogP contribution in [0, 0.1) is 0 Å². The molecule has 1 amide bonds. The third-order valence-corrected chi connectivity index (χ3v) is 3.80. The number of amides is 1. The summed E-state index contributed by atoms with van der Waals surface area (Å²) in [5.41, 5.74) is 9.34. The van der Waals surface area contributed by atoms with Gasteiger partial charge in [0.25, 0.3) is 5.91 Å². The minimum atomic E-state index is -0.524. The lowest BCUT2D eigenvalue weighted by molar-refractivity contribution is 0.0996. The van der Waals surface area contributed by atoms with Crippen LogP contribution >= 0.6 is 0 Å². The van der Waals surface area contributed by atoms with Crippen LogP contribution in [0.15, 0.2) is 60.7 Å². The predicted molar refractivity (Wildman–Crippen MR) is 87.6 cm³/mol. The van der Waals surface area contributed by atoms with E-state index in [-0.39, 0.29) is 5.69 Å². The SMILES string of the molecule is NC(=O)c1cc2c([nH]c3ccccc32)c(-c2ccccc2)n1. The number of primary amides is 1. The zero-order chi connectivity index (χ0) is 15.1. The molecule has 0 atom stereocenters. The first-order chi connectivity index (χ1) is 10.7. The Morgan fingerprint density at radius 1 is 0.955 bits per heavy atom. The van der Waals surface area contributed by atoms with Gasteiger partial charge in [-0.05, 0) is 12.1 Å². The number of benzene rings is 2. The van der Waals surface area contributed by atoms with E-state index in [1.54, 1.807) is 6.07 Å². The highest BCUT2D eigenvalue weighted by Gasteiger charge is 2.15. The van der Waals surface area contributed by atoms with Crippen molar-refractivity contribution in [3.05, 3.63) is 66.4 Å². The molecule has 0 unspecified atom stereocenters. The van der Waals surface area contributed by atoms with Crippen molar-refractivity contribution in [1.29, 1.82) is 0 Å². The van der Waals surface area contributed by atoms with Crippen molar-refractivity contribution in [3.8, 4) is 11.3 Å². The predicted octanol–water partition coefficient (Wildman–Crippen LogP) is 3.48. The van der Waals surface area contributed by atoms with Crippen molar-refractivity contribution in [2.24, 2.45) is 5.73 Å². The highest BCUT2D eigenvalue weighted by Crippen LogP contribution is 2.32. The van der Waals surface area contributed by atoms with Gasteiger partial charge in [-0.15, -0.1) is 0 Å². The number of aromatic nitrogens is 2. The molecule has 0 bridgehead atoms.